The summed E-state index contributed by atoms with van der Waals surface area (Å²) in [6, 6.07) is 31.4. The minimum absolute atomic E-state index is 0.0399. The maximum absolute atomic E-state index is 10.9. The first kappa shape index (κ1) is 86.5. The number of hydrogen-bond donors (Lipinski definition) is 7. The van der Waals surface area contributed by atoms with Crippen LogP contribution in [0.3, 0.4) is 0 Å². The maximum Gasteiger partial charge on any atom is 0.334 e. The summed E-state index contributed by atoms with van der Waals surface area (Å²) >= 11 is 0. The number of hydroxylamine groups is 12. The first-order valence-corrected chi connectivity index (χ1v) is 34.7. The van der Waals surface area contributed by atoms with Crippen LogP contribution < -0.4 is 0 Å². The van der Waals surface area contributed by atoms with Gasteiger partial charge in [-0.15, -0.1) is 0 Å². The van der Waals surface area contributed by atoms with Crippen LogP contribution in [0.15, 0.2) is 91.0 Å². The molecule has 3 fully saturated rings. The van der Waals surface area contributed by atoms with Crippen molar-refractivity contribution in [3.05, 3.63) is 108 Å². The van der Waals surface area contributed by atoms with Crippen molar-refractivity contribution in [1.29, 1.82) is 0 Å². The van der Waals surface area contributed by atoms with E-state index in [1.165, 1.54) is 48.4 Å². The van der Waals surface area contributed by atoms with Crippen molar-refractivity contribution in [2.24, 2.45) is 11.3 Å². The van der Waals surface area contributed by atoms with Crippen molar-refractivity contribution in [3.8, 4) is 0 Å². The minimum Gasteiger partial charge on any atom is -0.393 e. The molecular weight excluding hydrogens is 1160 g/mol. The Labute approximate surface area is 557 Å². The highest BCUT2D eigenvalue weighted by molar-refractivity contribution is 7.41. The molecule has 0 radical (unpaired) electrons. The Hall–Kier alpha value is -2.55. The third-order valence-corrected chi connectivity index (χ3v) is 19.0. The molecule has 16 nitrogen and oxygen atoms in total. The summed E-state index contributed by atoms with van der Waals surface area (Å²) in [5.41, 5.74) is 1.14. The van der Waals surface area contributed by atoms with E-state index in [0.29, 0.717) is 32.0 Å². The van der Waals surface area contributed by atoms with Gasteiger partial charge in [0.05, 0.1) is 25.4 Å². The van der Waals surface area contributed by atoms with Gasteiger partial charge in [0.1, 0.15) is 6.23 Å². The lowest BCUT2D eigenvalue weighted by molar-refractivity contribution is -0.264. The first-order chi connectivity index (χ1) is 41.1. The summed E-state index contributed by atoms with van der Waals surface area (Å²) in [4.78, 5) is 0. The lowest BCUT2D eigenvalue weighted by Crippen LogP contribution is -2.60. The van der Waals surface area contributed by atoms with Gasteiger partial charge in [0.25, 0.3) is 0 Å². The summed E-state index contributed by atoms with van der Waals surface area (Å²) in [7, 11) is -1.45. The number of aliphatic hydroxyl groups excluding tert-OH is 1. The van der Waals surface area contributed by atoms with E-state index in [0.717, 1.165) is 19.3 Å². The van der Waals surface area contributed by atoms with E-state index >= 15 is 0 Å². The monoisotopic (exact) mass is 1300 g/mol. The number of hydrogen-bond acceptors (Lipinski definition) is 16. The molecule has 91 heavy (non-hydrogen) atoms. The zero-order chi connectivity index (χ0) is 71.1. The Bertz CT molecular complexity index is 2380. The zero-order valence-corrected chi connectivity index (χ0v) is 64.2. The van der Waals surface area contributed by atoms with Crippen LogP contribution in [0.5, 0.6) is 0 Å². The molecule has 3 saturated heterocycles. The molecule has 17 heteroatoms. The van der Waals surface area contributed by atoms with Crippen molar-refractivity contribution < 1.29 is 49.9 Å². The van der Waals surface area contributed by atoms with Gasteiger partial charge in [-0.1, -0.05) is 133 Å². The van der Waals surface area contributed by atoms with Gasteiger partial charge in [-0.05, 0) is 234 Å². The highest BCUT2D eigenvalue weighted by Gasteiger charge is 2.59. The standard InChI is InChI=1S/C20H25NO.C15H25NO.C13H30NO4P.C9H19NO2.C9H19NO.C8H19NO/c1-19(2)17(15-11-7-5-8-12-15)18(20(3,4)21(19)22)16-13-9-6-10-14-16;1-6-15(4,5)16(17)14(12(2)3)13-10-8-7-9-11-13;1-9-16-19(17-10-2)18-11(12(3,4)5)14(15)13(6,7)8;1-8(2)5-7(11)6-9(3,4)10(8)12;1-8(2)6-5-7-9(3,4)10(8)11;1-7(2,3)9(10)8(4,5)6/h5-14,17-18,22H,1-4H3;7-12,14,17H,6H2,1-5H3;11,15H,9-10H2,1-8H3;7,11-12H,5-6H2,1-4H3;11H,5-7H2,1-4H3;10H,1-6H3. The van der Waals surface area contributed by atoms with Crippen LogP contribution in [0.4, 0.5) is 0 Å². The van der Waals surface area contributed by atoms with Crippen molar-refractivity contribution >= 4 is 8.60 Å². The van der Waals surface area contributed by atoms with Gasteiger partial charge >= 0.3 is 8.60 Å². The molecular formula is C74H137N6O10P. The van der Waals surface area contributed by atoms with Gasteiger partial charge < -0.3 is 45.4 Å². The predicted molar refractivity (Wildman–Crippen MR) is 376 cm³/mol. The van der Waals surface area contributed by atoms with Gasteiger partial charge in [0.2, 0.25) is 0 Å². The molecule has 4 atom stereocenters. The Morgan fingerprint density at radius 2 is 0.846 bits per heavy atom. The predicted octanol–water partition coefficient (Wildman–Crippen LogP) is 19.3. The second-order valence-electron chi connectivity index (χ2n) is 33.8. The largest absolute Gasteiger partial charge is 0.393 e. The van der Waals surface area contributed by atoms with Crippen LogP contribution in [0.25, 0.3) is 0 Å². The van der Waals surface area contributed by atoms with Crippen molar-refractivity contribution in [2.75, 3.05) is 13.2 Å². The summed E-state index contributed by atoms with van der Waals surface area (Å²) in [6.07, 6.45) is 4.78. The van der Waals surface area contributed by atoms with E-state index < -0.39 is 20.4 Å². The Morgan fingerprint density at radius 3 is 1.12 bits per heavy atom. The molecule has 528 valence electrons. The molecule has 0 aliphatic carbocycles. The van der Waals surface area contributed by atoms with Crippen LogP contribution in [0, 0.1) is 11.3 Å². The smallest absolute Gasteiger partial charge is 0.334 e. The number of rotatable bonds is 14. The Morgan fingerprint density at radius 1 is 0.505 bits per heavy atom. The molecule has 3 heterocycles. The van der Waals surface area contributed by atoms with Crippen LogP contribution >= 0.6 is 8.60 Å². The van der Waals surface area contributed by atoms with E-state index in [-0.39, 0.29) is 79.2 Å². The fraction of sp³-hybridized carbons (Fsp3) is 0.757. The van der Waals surface area contributed by atoms with Crippen molar-refractivity contribution in [1.82, 2.24) is 30.4 Å². The Balaban J connectivity index is 0.000000559. The van der Waals surface area contributed by atoms with E-state index in [9.17, 15) is 36.4 Å². The molecule has 0 bridgehead atoms. The van der Waals surface area contributed by atoms with E-state index in [1.807, 2.05) is 155 Å². The third kappa shape index (κ3) is 25.4. The quantitative estimate of drug-likeness (QED) is 0.0458. The van der Waals surface area contributed by atoms with Gasteiger partial charge in [0, 0.05) is 72.6 Å². The van der Waals surface area contributed by atoms with E-state index in [4.69, 9.17) is 13.6 Å². The molecule has 4 unspecified atom stereocenters. The first-order valence-electron chi connectivity index (χ1n) is 33.6. The second kappa shape index (κ2) is 34.6. The van der Waals surface area contributed by atoms with Crippen LogP contribution in [0.2, 0.25) is 0 Å². The fourth-order valence-electron chi connectivity index (χ4n) is 12.9. The van der Waals surface area contributed by atoms with Gasteiger partial charge in [-0.25, -0.2) is 0 Å². The minimum atomic E-state index is -1.45. The summed E-state index contributed by atoms with van der Waals surface area (Å²) < 4.78 is 16.8. The molecule has 0 aromatic heterocycles. The summed E-state index contributed by atoms with van der Waals surface area (Å²) in [6.45, 7) is 63.8. The van der Waals surface area contributed by atoms with E-state index in [1.54, 1.807) is 5.06 Å². The van der Waals surface area contributed by atoms with Gasteiger partial charge in [0.15, 0.2) is 0 Å². The van der Waals surface area contributed by atoms with Crippen LogP contribution in [0.1, 0.15) is 288 Å². The van der Waals surface area contributed by atoms with Gasteiger partial charge in [-0.3, -0.25) is 4.52 Å². The summed E-state index contributed by atoms with van der Waals surface area (Å²) in [5, 5.41) is 79.1. The average Bonchev–Trinajstić information content (AvgIpc) is 1.57. The van der Waals surface area contributed by atoms with Gasteiger partial charge in [-0.2, -0.15) is 30.4 Å². The molecule has 0 amide bonds. The molecule has 0 spiro atoms. The maximum atomic E-state index is 10.9. The fourth-order valence-corrected chi connectivity index (χ4v) is 14.0. The number of nitrogens with zero attached hydrogens (tertiary/aromatic N) is 6. The highest BCUT2D eigenvalue weighted by atomic mass is 31.2. The van der Waals surface area contributed by atoms with Crippen LogP contribution in [-0.4, -0.2) is 148 Å². The number of aliphatic hydroxyl groups is 1. The van der Waals surface area contributed by atoms with E-state index in [2.05, 4.69) is 151 Å². The Kier molecular flexibility index (Phi) is 32.9. The highest BCUT2D eigenvalue weighted by Crippen LogP contribution is 2.57. The van der Waals surface area contributed by atoms with Crippen LogP contribution in [-0.2, 0) is 13.6 Å². The zero-order valence-electron chi connectivity index (χ0n) is 63.3. The molecule has 3 aromatic carbocycles. The SMILES string of the molecule is CC(C)(C)N(O)C(C)(C)C.CC1(C)C(c2ccccc2)C(c2ccccc2)C(C)(C)N1O.CC1(C)CC(O)CC(C)(C)N1O.CC1(C)CCCC(C)(C)N1O.CCC(C)(C)N(O)C(c1ccccc1)C(C)C.CCOP(OCC)OC(N(O)C(C)(C)C)C(C)(C)C. The molecule has 3 aromatic rings. The average molecular weight is 1300 g/mol. The number of piperidine rings is 2. The molecule has 3 aliphatic rings. The summed E-state index contributed by atoms with van der Waals surface area (Å²) in [5.74, 6) is 0.834. The number of benzene rings is 3. The second-order valence-corrected chi connectivity index (χ2v) is 35.0. The van der Waals surface area contributed by atoms with Crippen molar-refractivity contribution in [3.63, 3.8) is 0 Å². The molecule has 7 N–H and O–H groups in total. The lowest BCUT2D eigenvalue weighted by atomic mass is 9.70. The third-order valence-electron chi connectivity index (χ3n) is 17.7. The van der Waals surface area contributed by atoms with Crippen molar-refractivity contribution in [2.45, 2.75) is 339 Å². The molecule has 0 saturated carbocycles. The molecule has 6 rings (SSSR count). The normalized spacial score (nSPS) is 21.7. The molecule has 3 aliphatic heterocycles. The lowest BCUT2D eigenvalue weighted by Gasteiger charge is -2.50. The topological polar surface area (TPSA) is 189 Å².